The first-order valence-electron chi connectivity index (χ1n) is 9.43. The molecule has 1 saturated heterocycles. The number of carbonyl (C=O) groups is 1. The van der Waals surface area contributed by atoms with Gasteiger partial charge in [0.1, 0.15) is 5.82 Å². The fourth-order valence-corrected chi connectivity index (χ4v) is 3.86. The van der Waals surface area contributed by atoms with Gasteiger partial charge in [0, 0.05) is 48.3 Å². The first-order chi connectivity index (χ1) is 13.0. The molecule has 1 aliphatic rings. The topological polar surface area (TPSA) is 70.2 Å². The van der Waals surface area contributed by atoms with E-state index in [2.05, 4.69) is 27.1 Å². The molecule has 7 heteroatoms. The summed E-state index contributed by atoms with van der Waals surface area (Å²) in [6, 6.07) is 4.11. The highest BCUT2D eigenvalue weighted by molar-refractivity contribution is 6.31. The second-order valence-corrected chi connectivity index (χ2v) is 7.32. The number of aromatic nitrogens is 2. The normalized spacial score (nSPS) is 15.0. The number of anilines is 1. The Balaban J connectivity index is 1.82. The van der Waals surface area contributed by atoms with Gasteiger partial charge in [-0.1, -0.05) is 11.6 Å². The van der Waals surface area contributed by atoms with Crippen LogP contribution in [0.1, 0.15) is 47.2 Å². The third kappa shape index (κ3) is 4.62. The maximum absolute atomic E-state index is 12.8. The van der Waals surface area contributed by atoms with Crippen molar-refractivity contribution in [2.24, 2.45) is 0 Å². The molecule has 0 unspecified atom stereocenters. The smallest absolute Gasteiger partial charge is 0.251 e. The molecule has 0 spiro atoms. The molecule has 1 amide bonds. The minimum Gasteiger partial charge on any atom is -0.381 e. The summed E-state index contributed by atoms with van der Waals surface area (Å²) in [6.07, 6.45) is 3.77. The molecular formula is C20H27ClN4O2. The van der Waals surface area contributed by atoms with Gasteiger partial charge >= 0.3 is 0 Å². The number of rotatable bonds is 6. The fourth-order valence-electron chi connectivity index (χ4n) is 3.65. The predicted octanol–water partition coefficient (Wildman–Crippen LogP) is 3.62. The van der Waals surface area contributed by atoms with Crippen molar-refractivity contribution in [3.8, 4) is 0 Å². The van der Waals surface area contributed by atoms with E-state index in [0.29, 0.717) is 23.2 Å². The predicted molar refractivity (Wildman–Crippen MR) is 108 cm³/mol. The molecule has 2 N–H and O–H groups in total. The molecule has 3 rings (SSSR count). The number of halogens is 1. The molecule has 1 aliphatic heterocycles. The lowest BCUT2D eigenvalue weighted by molar-refractivity contribution is 0.0846. The number of nitrogens with zero attached hydrogens (tertiary/aromatic N) is 2. The van der Waals surface area contributed by atoms with Crippen LogP contribution in [0, 0.1) is 13.8 Å². The Morgan fingerprint density at radius 1 is 1.37 bits per heavy atom. The Hall–Kier alpha value is -2.05. The Bertz CT molecular complexity index is 799. The van der Waals surface area contributed by atoms with Crippen LogP contribution < -0.4 is 10.2 Å². The van der Waals surface area contributed by atoms with E-state index in [1.54, 1.807) is 12.3 Å². The van der Waals surface area contributed by atoms with E-state index in [-0.39, 0.29) is 5.91 Å². The van der Waals surface area contributed by atoms with E-state index >= 15 is 0 Å². The number of hydrogen-bond acceptors (Lipinski definition) is 4. The second-order valence-electron chi connectivity index (χ2n) is 6.89. The molecular weight excluding hydrogens is 364 g/mol. The zero-order valence-electron chi connectivity index (χ0n) is 16.1. The van der Waals surface area contributed by atoms with Gasteiger partial charge in [0.25, 0.3) is 5.91 Å². The average Bonchev–Trinajstić information content (AvgIpc) is 3.09. The van der Waals surface area contributed by atoms with Crippen LogP contribution in [-0.4, -0.2) is 41.7 Å². The molecule has 0 radical (unpaired) electrons. The summed E-state index contributed by atoms with van der Waals surface area (Å²) in [6.45, 7) is 8.79. The van der Waals surface area contributed by atoms with E-state index in [4.69, 9.17) is 16.3 Å². The molecule has 1 aromatic carbocycles. The Morgan fingerprint density at radius 2 is 2.11 bits per heavy atom. The number of ether oxygens (including phenoxy) is 1. The Labute approximate surface area is 165 Å². The first kappa shape index (κ1) is 19.7. The highest BCUT2D eigenvalue weighted by Gasteiger charge is 2.24. The number of aromatic amines is 1. The molecule has 0 bridgehead atoms. The molecule has 146 valence electrons. The summed E-state index contributed by atoms with van der Waals surface area (Å²) in [5, 5.41) is 3.51. The van der Waals surface area contributed by atoms with E-state index in [9.17, 15) is 4.79 Å². The minimum atomic E-state index is -0.139. The molecule has 0 aliphatic carbocycles. The van der Waals surface area contributed by atoms with Crippen LogP contribution in [0.5, 0.6) is 0 Å². The molecule has 27 heavy (non-hydrogen) atoms. The van der Waals surface area contributed by atoms with Crippen molar-refractivity contribution >= 4 is 23.2 Å². The van der Waals surface area contributed by atoms with Crippen molar-refractivity contribution in [3.05, 3.63) is 46.0 Å². The Kier molecular flexibility index (Phi) is 6.39. The second kappa shape index (κ2) is 8.76. The standard InChI is InChI=1S/C20H27ClN4O2/c1-4-25(17-5-7-27-8-6-17)19-10-15(21)9-18(13(19)2)20(26)23-12-16-11-22-14(3)24-16/h9-11,17H,4-8,12H2,1-3H3,(H,22,24)(H,23,26). The van der Waals surface area contributed by atoms with Gasteiger partial charge < -0.3 is 19.9 Å². The zero-order chi connectivity index (χ0) is 19.4. The summed E-state index contributed by atoms with van der Waals surface area (Å²) >= 11 is 6.38. The van der Waals surface area contributed by atoms with Crippen LogP contribution in [-0.2, 0) is 11.3 Å². The summed E-state index contributed by atoms with van der Waals surface area (Å²) in [7, 11) is 0. The molecule has 0 atom stereocenters. The van der Waals surface area contributed by atoms with Crippen LogP contribution in [0.4, 0.5) is 5.69 Å². The van der Waals surface area contributed by atoms with Crippen molar-refractivity contribution in [3.63, 3.8) is 0 Å². The van der Waals surface area contributed by atoms with Crippen molar-refractivity contribution in [2.75, 3.05) is 24.7 Å². The summed E-state index contributed by atoms with van der Waals surface area (Å²) < 4.78 is 5.50. The Morgan fingerprint density at radius 3 is 2.74 bits per heavy atom. The van der Waals surface area contributed by atoms with Gasteiger partial charge in [-0.2, -0.15) is 0 Å². The zero-order valence-corrected chi connectivity index (χ0v) is 16.9. The van der Waals surface area contributed by atoms with Crippen LogP contribution in [0.2, 0.25) is 5.02 Å². The number of H-pyrrole nitrogens is 1. The molecule has 1 fully saturated rings. The van der Waals surface area contributed by atoms with Crippen LogP contribution in [0.25, 0.3) is 0 Å². The fraction of sp³-hybridized carbons (Fsp3) is 0.500. The summed E-state index contributed by atoms with van der Waals surface area (Å²) in [4.78, 5) is 22.5. The number of benzene rings is 1. The largest absolute Gasteiger partial charge is 0.381 e. The van der Waals surface area contributed by atoms with Gasteiger partial charge in [-0.3, -0.25) is 4.79 Å². The first-order valence-corrected chi connectivity index (χ1v) is 9.81. The molecule has 2 aromatic rings. The molecule has 6 nitrogen and oxygen atoms in total. The van der Waals surface area contributed by atoms with Crippen LogP contribution in [0.3, 0.4) is 0 Å². The molecule has 2 heterocycles. The van der Waals surface area contributed by atoms with E-state index in [1.807, 2.05) is 19.9 Å². The number of hydrogen-bond donors (Lipinski definition) is 2. The van der Waals surface area contributed by atoms with Crippen molar-refractivity contribution in [1.82, 2.24) is 15.3 Å². The maximum Gasteiger partial charge on any atom is 0.251 e. The third-order valence-electron chi connectivity index (χ3n) is 5.06. The number of aryl methyl sites for hydroxylation is 1. The van der Waals surface area contributed by atoms with E-state index in [0.717, 1.165) is 55.4 Å². The monoisotopic (exact) mass is 390 g/mol. The van der Waals surface area contributed by atoms with Crippen LogP contribution in [0.15, 0.2) is 18.3 Å². The highest BCUT2D eigenvalue weighted by atomic mass is 35.5. The van der Waals surface area contributed by atoms with Crippen LogP contribution >= 0.6 is 11.6 Å². The average molecular weight is 391 g/mol. The highest BCUT2D eigenvalue weighted by Crippen LogP contribution is 2.31. The summed E-state index contributed by atoms with van der Waals surface area (Å²) in [5.74, 6) is 0.690. The SMILES string of the molecule is CCN(c1cc(Cl)cc(C(=O)NCc2c[nH]c(C)n2)c1C)C1CCOCC1. The lowest BCUT2D eigenvalue weighted by Crippen LogP contribution is -2.40. The maximum atomic E-state index is 12.8. The number of nitrogens with one attached hydrogen (secondary N) is 2. The minimum absolute atomic E-state index is 0.139. The number of imidazole rings is 1. The van der Waals surface area contributed by atoms with Gasteiger partial charge in [0.05, 0.1) is 12.2 Å². The van der Waals surface area contributed by atoms with Gasteiger partial charge in [-0.25, -0.2) is 4.98 Å². The van der Waals surface area contributed by atoms with Gasteiger partial charge in [0.15, 0.2) is 0 Å². The van der Waals surface area contributed by atoms with Gasteiger partial charge in [-0.15, -0.1) is 0 Å². The quantitative estimate of drug-likeness (QED) is 0.790. The van der Waals surface area contributed by atoms with Gasteiger partial charge in [0.2, 0.25) is 0 Å². The van der Waals surface area contributed by atoms with E-state index in [1.165, 1.54) is 0 Å². The van der Waals surface area contributed by atoms with Crippen molar-refractivity contribution in [1.29, 1.82) is 0 Å². The van der Waals surface area contributed by atoms with Crippen molar-refractivity contribution < 1.29 is 9.53 Å². The number of carbonyl (C=O) groups excluding carboxylic acids is 1. The lowest BCUT2D eigenvalue weighted by Gasteiger charge is -2.36. The lowest BCUT2D eigenvalue weighted by atomic mass is 10.0. The summed E-state index contributed by atoms with van der Waals surface area (Å²) in [5.41, 5.74) is 3.38. The van der Waals surface area contributed by atoms with Crippen molar-refractivity contribution in [2.45, 2.75) is 46.2 Å². The van der Waals surface area contributed by atoms with E-state index < -0.39 is 0 Å². The number of amides is 1. The molecule has 1 aromatic heterocycles. The third-order valence-corrected chi connectivity index (χ3v) is 5.28. The molecule has 0 saturated carbocycles. The van der Waals surface area contributed by atoms with Gasteiger partial charge in [-0.05, 0) is 51.3 Å².